The molecule has 234 valence electrons. The third kappa shape index (κ3) is 6.34. The van der Waals surface area contributed by atoms with E-state index >= 15 is 0 Å². The maximum Gasteiger partial charge on any atom is 0.323 e. The molecule has 1 aromatic heterocycles. The molecule has 2 unspecified atom stereocenters. The summed E-state index contributed by atoms with van der Waals surface area (Å²) < 4.78 is 10.9. The van der Waals surface area contributed by atoms with Gasteiger partial charge in [0.25, 0.3) is 11.8 Å². The third-order valence-electron chi connectivity index (χ3n) is 7.54. The largest absolute Gasteiger partial charge is 0.497 e. The summed E-state index contributed by atoms with van der Waals surface area (Å²) in [5, 5.41) is 12.6. The van der Waals surface area contributed by atoms with Crippen LogP contribution in [0.25, 0.3) is 11.3 Å². The maximum absolute atomic E-state index is 13.2. The lowest BCUT2D eigenvalue weighted by atomic mass is 9.98. The molecule has 3 heterocycles. The van der Waals surface area contributed by atoms with Gasteiger partial charge in [-0.25, -0.2) is 9.78 Å². The average Bonchev–Trinajstić information content (AvgIpc) is 3.51. The molecule has 2 aliphatic heterocycles. The van der Waals surface area contributed by atoms with Crippen LogP contribution < -0.4 is 20.1 Å². The molecule has 1 saturated heterocycles. The lowest BCUT2D eigenvalue weighted by Gasteiger charge is -2.26. The Morgan fingerprint density at radius 2 is 1.91 bits per heavy atom. The van der Waals surface area contributed by atoms with Crippen molar-refractivity contribution in [2.45, 2.75) is 31.8 Å². The monoisotopic (exact) mass is 620 g/mol. The highest BCUT2D eigenvalue weighted by Gasteiger charge is 2.48. The van der Waals surface area contributed by atoms with Gasteiger partial charge in [-0.3, -0.25) is 24.7 Å². The van der Waals surface area contributed by atoms with Crippen LogP contribution in [-0.2, 0) is 16.1 Å². The van der Waals surface area contributed by atoms with E-state index in [0.29, 0.717) is 33.8 Å². The number of carbonyl (C=O) groups is 4. The van der Waals surface area contributed by atoms with Crippen molar-refractivity contribution in [2.24, 2.45) is 10.9 Å². The van der Waals surface area contributed by atoms with Gasteiger partial charge in [-0.05, 0) is 42.0 Å². The number of aromatic nitrogens is 1. The van der Waals surface area contributed by atoms with Crippen molar-refractivity contribution in [2.75, 3.05) is 20.7 Å². The van der Waals surface area contributed by atoms with E-state index in [2.05, 4.69) is 27.5 Å². The molecule has 3 aromatic rings. The highest BCUT2D eigenvalue weighted by atomic mass is 16.5. The van der Waals surface area contributed by atoms with Crippen LogP contribution in [0.2, 0.25) is 0 Å². The first-order valence-electron chi connectivity index (χ1n) is 14.5. The van der Waals surface area contributed by atoms with Crippen LogP contribution in [0.3, 0.4) is 0 Å². The molecule has 12 heteroatoms. The highest BCUT2D eigenvalue weighted by Crippen LogP contribution is 2.31. The van der Waals surface area contributed by atoms with Crippen molar-refractivity contribution in [3.05, 3.63) is 77.0 Å². The normalized spacial score (nSPS) is 17.7. The molecule has 4 amide bonds. The average molecular weight is 621 g/mol. The van der Waals surface area contributed by atoms with Crippen LogP contribution >= 0.6 is 0 Å². The smallest absolute Gasteiger partial charge is 0.323 e. The minimum atomic E-state index is -1.67. The number of nitrogens with zero attached hydrogens (tertiary/aromatic N) is 3. The van der Waals surface area contributed by atoms with E-state index in [-0.39, 0.29) is 30.7 Å². The van der Waals surface area contributed by atoms with E-state index < -0.39 is 29.4 Å². The van der Waals surface area contributed by atoms with Crippen molar-refractivity contribution in [1.29, 1.82) is 5.41 Å². The van der Waals surface area contributed by atoms with Crippen LogP contribution in [-0.4, -0.2) is 72.4 Å². The number of aliphatic imine (C=N–C) groups is 1. The van der Waals surface area contributed by atoms with Gasteiger partial charge in [0.05, 0.1) is 31.2 Å². The Labute approximate surface area is 265 Å². The minimum Gasteiger partial charge on any atom is -0.497 e. The van der Waals surface area contributed by atoms with E-state index in [9.17, 15) is 19.2 Å². The van der Waals surface area contributed by atoms with E-state index in [1.165, 1.54) is 18.2 Å². The fourth-order valence-corrected chi connectivity index (χ4v) is 5.03. The number of hydrogen-bond donors (Lipinski definition) is 3. The van der Waals surface area contributed by atoms with E-state index in [1.54, 1.807) is 81.7 Å². The van der Waals surface area contributed by atoms with Crippen LogP contribution in [0.5, 0.6) is 11.5 Å². The van der Waals surface area contributed by atoms with Crippen LogP contribution in [0.15, 0.2) is 59.6 Å². The number of urea groups is 1. The number of amides is 4. The number of carbonyl (C=O) groups excluding carboxylic acids is 4. The number of hydrogen-bond acceptors (Lipinski definition) is 9. The standard InChI is InChI=1S/C34H32N6O6/c1-20(2)31(42)46-28-12-11-27(24(16-35)17-36-3)37-29(28)22-7-5-21(6-8-22)13-14-34(32(43)38-33(44)39-34)19-40-18-23-9-10-25(45-4)15-26(23)30(40)41/h5-12,15-17,20,24,35H,18-19H2,1-4H3,(H2,38,39,43,44). The summed E-state index contributed by atoms with van der Waals surface area (Å²) in [6.45, 7) is 3.55. The zero-order valence-electron chi connectivity index (χ0n) is 25.7. The van der Waals surface area contributed by atoms with Crippen LogP contribution in [0.1, 0.15) is 46.9 Å². The molecule has 12 nitrogen and oxygen atoms in total. The number of ether oxygens (including phenoxy) is 2. The molecule has 0 spiro atoms. The molecule has 5 rings (SSSR count). The van der Waals surface area contributed by atoms with E-state index in [0.717, 1.165) is 5.56 Å². The number of esters is 1. The molecule has 3 N–H and O–H groups in total. The zero-order chi connectivity index (χ0) is 33.0. The Morgan fingerprint density at radius 1 is 1.15 bits per heavy atom. The molecular weight excluding hydrogens is 588 g/mol. The molecule has 0 bridgehead atoms. The molecular formula is C34H32N6O6. The summed E-state index contributed by atoms with van der Waals surface area (Å²) in [5.74, 6) is 4.47. The molecule has 2 atom stereocenters. The Morgan fingerprint density at radius 3 is 2.54 bits per heavy atom. The van der Waals surface area contributed by atoms with Crippen molar-refractivity contribution in [3.8, 4) is 34.6 Å². The number of imide groups is 1. The molecule has 0 saturated carbocycles. The van der Waals surface area contributed by atoms with Crippen LogP contribution in [0, 0.1) is 23.2 Å². The van der Waals surface area contributed by atoms with Crippen molar-refractivity contribution >= 4 is 36.2 Å². The first kappa shape index (κ1) is 31.6. The Bertz CT molecular complexity index is 1820. The van der Waals surface area contributed by atoms with Gasteiger partial charge in [0, 0.05) is 42.7 Å². The van der Waals surface area contributed by atoms with Crippen molar-refractivity contribution < 1.29 is 28.7 Å². The Kier molecular flexibility index (Phi) is 8.95. The van der Waals surface area contributed by atoms with Crippen molar-refractivity contribution in [3.63, 3.8) is 0 Å². The lowest BCUT2D eigenvalue weighted by molar-refractivity contribution is -0.137. The number of fused-ring (bicyclic) bond motifs is 1. The molecule has 1 fully saturated rings. The molecule has 2 aromatic carbocycles. The first-order chi connectivity index (χ1) is 22.1. The zero-order valence-corrected chi connectivity index (χ0v) is 25.7. The van der Waals surface area contributed by atoms with Crippen LogP contribution in [0.4, 0.5) is 4.79 Å². The summed E-state index contributed by atoms with van der Waals surface area (Å²) in [6, 6.07) is 14.7. The van der Waals surface area contributed by atoms with Gasteiger partial charge >= 0.3 is 12.0 Å². The van der Waals surface area contributed by atoms with Gasteiger partial charge in [-0.15, -0.1) is 0 Å². The van der Waals surface area contributed by atoms with Gasteiger partial charge in [0.15, 0.2) is 5.75 Å². The third-order valence-corrected chi connectivity index (χ3v) is 7.54. The highest BCUT2D eigenvalue weighted by molar-refractivity contribution is 6.10. The summed E-state index contributed by atoms with van der Waals surface area (Å²) in [4.78, 5) is 61.1. The van der Waals surface area contributed by atoms with E-state index in [1.807, 2.05) is 0 Å². The number of methoxy groups -OCH3 is 1. The summed E-state index contributed by atoms with van der Waals surface area (Å²) in [6.07, 6.45) is 2.81. The quantitative estimate of drug-likeness (QED) is 0.143. The summed E-state index contributed by atoms with van der Waals surface area (Å²) >= 11 is 0. The topological polar surface area (TPSA) is 163 Å². The Balaban J connectivity index is 1.45. The van der Waals surface area contributed by atoms with Gasteiger partial charge in [-0.2, -0.15) is 0 Å². The second kappa shape index (κ2) is 13.0. The van der Waals surface area contributed by atoms with Crippen molar-refractivity contribution in [1.82, 2.24) is 20.5 Å². The predicted molar refractivity (Wildman–Crippen MR) is 170 cm³/mol. The molecule has 0 radical (unpaired) electrons. The number of nitrogens with one attached hydrogen (secondary N) is 3. The molecule has 0 aliphatic carbocycles. The summed E-state index contributed by atoms with van der Waals surface area (Å²) in [7, 11) is 3.12. The summed E-state index contributed by atoms with van der Waals surface area (Å²) in [5.41, 5.74) is 1.65. The second-order valence-corrected chi connectivity index (χ2v) is 11.1. The molecule has 2 aliphatic rings. The first-order valence-corrected chi connectivity index (χ1v) is 14.5. The predicted octanol–water partition coefficient (Wildman–Crippen LogP) is 3.34. The molecule has 46 heavy (non-hydrogen) atoms. The lowest BCUT2D eigenvalue weighted by Crippen LogP contribution is -2.54. The van der Waals surface area contributed by atoms with Gasteiger partial charge in [0.1, 0.15) is 11.4 Å². The van der Waals surface area contributed by atoms with Gasteiger partial charge < -0.3 is 25.1 Å². The number of rotatable bonds is 9. The second-order valence-electron chi connectivity index (χ2n) is 11.1. The SMILES string of the molecule is CN=CC(C=N)c1ccc(OC(=O)C(C)C)c(-c2ccc(C#CC3(CN4Cc5ccc(OC)cc5C4=O)NC(=O)NC3=O)cc2)n1. The fraction of sp³-hybridized carbons (Fsp3) is 0.265. The maximum atomic E-state index is 13.2. The number of benzene rings is 2. The fourth-order valence-electron chi connectivity index (χ4n) is 5.03. The van der Waals surface area contributed by atoms with Gasteiger partial charge in [0.2, 0.25) is 5.54 Å². The number of pyridine rings is 1. The minimum absolute atomic E-state index is 0.165. The van der Waals surface area contributed by atoms with E-state index in [4.69, 9.17) is 19.9 Å². The Hall–Kier alpha value is -5.83. The van der Waals surface area contributed by atoms with Gasteiger partial charge in [-0.1, -0.05) is 43.9 Å².